The van der Waals surface area contributed by atoms with Gasteiger partial charge >= 0.3 is 0 Å². The molecule has 1 fully saturated rings. The lowest BCUT2D eigenvalue weighted by Crippen LogP contribution is -2.43. The van der Waals surface area contributed by atoms with E-state index in [1.807, 2.05) is 0 Å². The molecule has 0 radical (unpaired) electrons. The second-order valence-corrected chi connectivity index (χ2v) is 4.99. The predicted molar refractivity (Wildman–Crippen MR) is 70.6 cm³/mol. The van der Waals surface area contributed by atoms with Crippen molar-refractivity contribution in [3.8, 4) is 0 Å². The summed E-state index contributed by atoms with van der Waals surface area (Å²) >= 11 is 0. The van der Waals surface area contributed by atoms with Crippen LogP contribution in [0.15, 0.2) is 12.7 Å². The van der Waals surface area contributed by atoms with E-state index >= 15 is 0 Å². The molecule has 0 aromatic heterocycles. The zero-order valence-corrected chi connectivity index (χ0v) is 10.8. The lowest BCUT2D eigenvalue weighted by molar-refractivity contribution is -0.122. The van der Waals surface area contributed by atoms with Crippen LogP contribution in [0.1, 0.15) is 26.2 Å². The Bertz CT molecular complexity index is 249. The number of carbonyl (C=O) groups excluding carboxylic acids is 1. The van der Waals surface area contributed by atoms with E-state index in [9.17, 15) is 4.79 Å². The summed E-state index contributed by atoms with van der Waals surface area (Å²) < 4.78 is 0. The van der Waals surface area contributed by atoms with Crippen LogP contribution in [-0.2, 0) is 4.79 Å². The minimum absolute atomic E-state index is 0.0711. The fourth-order valence-corrected chi connectivity index (χ4v) is 2.16. The first-order valence-electron chi connectivity index (χ1n) is 6.50. The highest BCUT2D eigenvalue weighted by molar-refractivity contribution is 5.81. The van der Waals surface area contributed by atoms with Crippen molar-refractivity contribution in [2.45, 2.75) is 32.2 Å². The molecule has 17 heavy (non-hydrogen) atoms. The van der Waals surface area contributed by atoms with Gasteiger partial charge in [-0.05, 0) is 38.3 Å². The van der Waals surface area contributed by atoms with Gasteiger partial charge in [-0.3, -0.25) is 4.79 Å². The average Bonchev–Trinajstić information content (AvgIpc) is 2.79. The first-order chi connectivity index (χ1) is 8.13. The van der Waals surface area contributed by atoms with Gasteiger partial charge in [-0.15, -0.1) is 6.58 Å². The lowest BCUT2D eigenvalue weighted by Gasteiger charge is -2.21. The molecule has 1 aliphatic rings. The van der Waals surface area contributed by atoms with Crippen molar-refractivity contribution in [3.05, 3.63) is 12.7 Å². The van der Waals surface area contributed by atoms with Crippen molar-refractivity contribution in [3.63, 3.8) is 0 Å². The van der Waals surface area contributed by atoms with Gasteiger partial charge in [0.15, 0.2) is 0 Å². The standard InChI is InChI=1S/C13H25N3O/c1-3-6-12(14)13(17)15-9-11(2)10-16-7-4-5-8-16/h3,11-12H,1,4-10,14H2,2H3,(H,15,17). The molecule has 4 heteroatoms. The van der Waals surface area contributed by atoms with Crippen LogP contribution >= 0.6 is 0 Å². The second-order valence-electron chi connectivity index (χ2n) is 4.99. The van der Waals surface area contributed by atoms with E-state index in [2.05, 4.69) is 23.7 Å². The Balaban J connectivity index is 2.15. The van der Waals surface area contributed by atoms with Crippen LogP contribution in [0, 0.1) is 5.92 Å². The summed E-state index contributed by atoms with van der Waals surface area (Å²) in [5.74, 6) is 0.408. The van der Waals surface area contributed by atoms with Crippen LogP contribution in [0.2, 0.25) is 0 Å². The third-order valence-electron chi connectivity index (χ3n) is 3.15. The zero-order valence-electron chi connectivity index (χ0n) is 10.8. The van der Waals surface area contributed by atoms with Crippen molar-refractivity contribution in [2.24, 2.45) is 11.7 Å². The van der Waals surface area contributed by atoms with Crippen LogP contribution in [0.3, 0.4) is 0 Å². The predicted octanol–water partition coefficient (Wildman–Crippen LogP) is 0.738. The van der Waals surface area contributed by atoms with Gasteiger partial charge in [0, 0.05) is 13.1 Å². The lowest BCUT2D eigenvalue weighted by atomic mass is 10.1. The molecule has 0 saturated carbocycles. The fraction of sp³-hybridized carbons (Fsp3) is 0.769. The molecule has 0 spiro atoms. The van der Waals surface area contributed by atoms with Crippen molar-refractivity contribution in [2.75, 3.05) is 26.2 Å². The van der Waals surface area contributed by atoms with Crippen molar-refractivity contribution < 1.29 is 4.79 Å². The van der Waals surface area contributed by atoms with Gasteiger partial charge in [-0.2, -0.15) is 0 Å². The van der Waals surface area contributed by atoms with E-state index < -0.39 is 6.04 Å². The van der Waals surface area contributed by atoms with Crippen LogP contribution in [0.5, 0.6) is 0 Å². The molecule has 0 aromatic rings. The third kappa shape index (κ3) is 5.33. The highest BCUT2D eigenvalue weighted by atomic mass is 16.2. The number of nitrogens with two attached hydrogens (primary N) is 1. The molecule has 1 rings (SSSR count). The number of nitrogens with one attached hydrogen (secondary N) is 1. The molecular formula is C13H25N3O. The zero-order chi connectivity index (χ0) is 12.7. The summed E-state index contributed by atoms with van der Waals surface area (Å²) in [4.78, 5) is 14.0. The van der Waals surface area contributed by atoms with E-state index in [-0.39, 0.29) is 5.91 Å². The van der Waals surface area contributed by atoms with Crippen LogP contribution in [0.4, 0.5) is 0 Å². The van der Waals surface area contributed by atoms with Crippen molar-refractivity contribution >= 4 is 5.91 Å². The number of rotatable bonds is 7. The largest absolute Gasteiger partial charge is 0.354 e. The van der Waals surface area contributed by atoms with E-state index in [0.29, 0.717) is 18.9 Å². The summed E-state index contributed by atoms with van der Waals surface area (Å²) in [5, 5.41) is 2.90. The molecule has 2 unspecified atom stereocenters. The maximum absolute atomic E-state index is 11.6. The van der Waals surface area contributed by atoms with Gasteiger partial charge in [0.05, 0.1) is 6.04 Å². The Morgan fingerprint density at radius 2 is 2.18 bits per heavy atom. The Kier molecular flexibility index (Phi) is 6.22. The van der Waals surface area contributed by atoms with Gasteiger partial charge in [0.1, 0.15) is 0 Å². The first kappa shape index (κ1) is 14.2. The maximum atomic E-state index is 11.6. The first-order valence-corrected chi connectivity index (χ1v) is 6.50. The quantitative estimate of drug-likeness (QED) is 0.644. The van der Waals surface area contributed by atoms with E-state index in [4.69, 9.17) is 5.73 Å². The molecule has 0 aliphatic carbocycles. The Hall–Kier alpha value is -0.870. The summed E-state index contributed by atoms with van der Waals surface area (Å²) in [7, 11) is 0. The molecule has 0 aromatic carbocycles. The van der Waals surface area contributed by atoms with E-state index in [1.165, 1.54) is 25.9 Å². The monoisotopic (exact) mass is 239 g/mol. The van der Waals surface area contributed by atoms with Gasteiger partial charge < -0.3 is 16.0 Å². The average molecular weight is 239 g/mol. The number of carbonyl (C=O) groups is 1. The van der Waals surface area contributed by atoms with Gasteiger partial charge in [0.2, 0.25) is 5.91 Å². The highest BCUT2D eigenvalue weighted by Gasteiger charge is 2.16. The molecule has 1 amide bonds. The number of amides is 1. The van der Waals surface area contributed by atoms with E-state index in [1.54, 1.807) is 6.08 Å². The summed E-state index contributed by atoms with van der Waals surface area (Å²) in [6.45, 7) is 9.92. The normalized spacial score (nSPS) is 19.9. The Labute approximate surface area is 104 Å². The fourth-order valence-electron chi connectivity index (χ4n) is 2.16. The van der Waals surface area contributed by atoms with E-state index in [0.717, 1.165) is 6.54 Å². The van der Waals surface area contributed by atoms with Crippen molar-refractivity contribution in [1.82, 2.24) is 10.2 Å². The second kappa shape index (κ2) is 7.45. The molecule has 0 bridgehead atoms. The molecule has 1 saturated heterocycles. The maximum Gasteiger partial charge on any atom is 0.237 e. The summed E-state index contributed by atoms with van der Waals surface area (Å²) in [5.41, 5.74) is 5.68. The summed E-state index contributed by atoms with van der Waals surface area (Å²) in [6, 6.07) is -0.452. The molecule has 98 valence electrons. The van der Waals surface area contributed by atoms with Crippen LogP contribution < -0.4 is 11.1 Å². The SMILES string of the molecule is C=CCC(N)C(=O)NCC(C)CN1CCCC1. The molecular weight excluding hydrogens is 214 g/mol. The number of hydrogen-bond acceptors (Lipinski definition) is 3. The molecule has 2 atom stereocenters. The van der Waals surface area contributed by atoms with Gasteiger partial charge in [0.25, 0.3) is 0 Å². The molecule has 3 N–H and O–H groups in total. The Morgan fingerprint density at radius 3 is 2.76 bits per heavy atom. The highest BCUT2D eigenvalue weighted by Crippen LogP contribution is 2.09. The number of hydrogen-bond donors (Lipinski definition) is 2. The topological polar surface area (TPSA) is 58.4 Å². The molecule has 1 aliphatic heterocycles. The van der Waals surface area contributed by atoms with Gasteiger partial charge in [-0.25, -0.2) is 0 Å². The number of likely N-dealkylation sites (tertiary alicyclic amines) is 1. The molecule has 4 nitrogen and oxygen atoms in total. The van der Waals surface area contributed by atoms with Crippen LogP contribution in [0.25, 0.3) is 0 Å². The molecule has 1 heterocycles. The minimum Gasteiger partial charge on any atom is -0.354 e. The minimum atomic E-state index is -0.452. The van der Waals surface area contributed by atoms with Crippen molar-refractivity contribution in [1.29, 1.82) is 0 Å². The summed E-state index contributed by atoms with van der Waals surface area (Å²) in [6.07, 6.45) is 4.83. The van der Waals surface area contributed by atoms with Crippen LogP contribution in [-0.4, -0.2) is 43.0 Å². The smallest absolute Gasteiger partial charge is 0.237 e. The number of nitrogens with zero attached hydrogens (tertiary/aromatic N) is 1. The van der Waals surface area contributed by atoms with Gasteiger partial charge in [-0.1, -0.05) is 13.0 Å². The third-order valence-corrected chi connectivity index (χ3v) is 3.15. The Morgan fingerprint density at radius 1 is 1.53 bits per heavy atom.